The van der Waals surface area contributed by atoms with Crippen LogP contribution in [0, 0.1) is 0 Å². The first-order chi connectivity index (χ1) is 7.77. The van der Waals surface area contributed by atoms with Crippen LogP contribution in [0.1, 0.15) is 29.2 Å². The molecule has 0 aliphatic heterocycles. The lowest BCUT2D eigenvalue weighted by atomic mass is 9.88. The predicted molar refractivity (Wildman–Crippen MR) is 71.4 cm³/mol. The number of hydrogen-bond donors (Lipinski definition) is 1. The van der Waals surface area contributed by atoms with E-state index < -0.39 is 0 Å². The summed E-state index contributed by atoms with van der Waals surface area (Å²) in [6.07, 6.45) is 4.04. The fourth-order valence-corrected chi connectivity index (χ4v) is 3.38. The molecular weight excluding hydrogens is 216 g/mol. The van der Waals surface area contributed by atoms with Gasteiger partial charge < -0.3 is 10.2 Å². The minimum absolute atomic E-state index is 0.761. The van der Waals surface area contributed by atoms with E-state index in [4.69, 9.17) is 0 Å². The molecule has 1 aliphatic rings. The molecule has 1 aliphatic carbocycles. The zero-order valence-electron chi connectivity index (χ0n) is 10.3. The molecule has 0 aromatic carbocycles. The lowest BCUT2D eigenvalue weighted by molar-refractivity contribution is 0.392. The van der Waals surface area contributed by atoms with Crippen LogP contribution in [0.3, 0.4) is 0 Å². The van der Waals surface area contributed by atoms with E-state index in [1.54, 1.807) is 10.4 Å². The van der Waals surface area contributed by atoms with Crippen molar-refractivity contribution in [1.29, 1.82) is 0 Å². The van der Waals surface area contributed by atoms with Gasteiger partial charge in [0.05, 0.1) is 0 Å². The van der Waals surface area contributed by atoms with Crippen molar-refractivity contribution in [3.05, 3.63) is 21.9 Å². The summed E-state index contributed by atoms with van der Waals surface area (Å²) in [7, 11) is 4.25. The topological polar surface area (TPSA) is 15.3 Å². The first-order valence-electron chi connectivity index (χ1n) is 6.19. The number of fused-ring (bicyclic) bond motifs is 1. The van der Waals surface area contributed by atoms with Crippen molar-refractivity contribution in [1.82, 2.24) is 10.2 Å². The second-order valence-electron chi connectivity index (χ2n) is 4.90. The second-order valence-corrected chi connectivity index (χ2v) is 5.90. The van der Waals surface area contributed by atoms with Crippen molar-refractivity contribution >= 4 is 11.3 Å². The highest BCUT2D eigenvalue weighted by Crippen LogP contribution is 2.34. The quantitative estimate of drug-likeness (QED) is 0.792. The maximum Gasteiger partial charge on any atom is 0.0101 e. The van der Waals surface area contributed by atoms with Crippen LogP contribution in [-0.2, 0) is 6.42 Å². The van der Waals surface area contributed by atoms with E-state index in [1.807, 2.05) is 11.3 Å². The molecule has 0 saturated heterocycles. The van der Waals surface area contributed by atoms with Gasteiger partial charge in [-0.25, -0.2) is 0 Å². The van der Waals surface area contributed by atoms with Crippen LogP contribution in [0.5, 0.6) is 0 Å². The summed E-state index contributed by atoms with van der Waals surface area (Å²) in [5.41, 5.74) is 1.62. The Balaban J connectivity index is 1.79. The first-order valence-corrected chi connectivity index (χ1v) is 7.07. The summed E-state index contributed by atoms with van der Waals surface area (Å²) >= 11 is 1.94. The van der Waals surface area contributed by atoms with Gasteiger partial charge in [-0.05, 0) is 56.3 Å². The van der Waals surface area contributed by atoms with Gasteiger partial charge in [0.25, 0.3) is 0 Å². The van der Waals surface area contributed by atoms with Gasteiger partial charge >= 0.3 is 0 Å². The second kappa shape index (κ2) is 5.80. The SMILES string of the molecule is CN(C)CCNCC1CCCc2sccc21. The summed E-state index contributed by atoms with van der Waals surface area (Å²) in [4.78, 5) is 3.86. The Morgan fingerprint density at radius 1 is 1.50 bits per heavy atom. The van der Waals surface area contributed by atoms with Crippen molar-refractivity contribution in [2.24, 2.45) is 0 Å². The molecule has 16 heavy (non-hydrogen) atoms. The molecule has 0 amide bonds. The Morgan fingerprint density at radius 2 is 2.38 bits per heavy atom. The summed E-state index contributed by atoms with van der Waals surface area (Å²) in [6, 6.07) is 2.33. The molecule has 1 atom stereocenters. The van der Waals surface area contributed by atoms with E-state index in [0.717, 1.165) is 25.6 Å². The van der Waals surface area contributed by atoms with Crippen molar-refractivity contribution < 1.29 is 0 Å². The van der Waals surface area contributed by atoms with Crippen LogP contribution < -0.4 is 5.32 Å². The number of hydrogen-bond acceptors (Lipinski definition) is 3. The van der Waals surface area contributed by atoms with E-state index in [0.29, 0.717) is 0 Å². The molecule has 0 fully saturated rings. The summed E-state index contributed by atoms with van der Waals surface area (Å²) < 4.78 is 0. The monoisotopic (exact) mass is 238 g/mol. The molecule has 1 N–H and O–H groups in total. The fourth-order valence-electron chi connectivity index (χ4n) is 2.37. The molecule has 0 spiro atoms. The van der Waals surface area contributed by atoms with Crippen LogP contribution >= 0.6 is 11.3 Å². The molecule has 90 valence electrons. The molecule has 1 aromatic heterocycles. The van der Waals surface area contributed by atoms with Gasteiger partial charge in [-0.1, -0.05) is 0 Å². The number of likely N-dealkylation sites (N-methyl/N-ethyl adjacent to an activating group) is 1. The van der Waals surface area contributed by atoms with Crippen molar-refractivity contribution in [3.8, 4) is 0 Å². The molecule has 0 bridgehead atoms. The van der Waals surface area contributed by atoms with E-state index in [2.05, 4.69) is 35.8 Å². The maximum absolute atomic E-state index is 3.58. The van der Waals surface area contributed by atoms with Crippen LogP contribution in [0.15, 0.2) is 11.4 Å². The van der Waals surface area contributed by atoms with Gasteiger partial charge in [-0.3, -0.25) is 0 Å². The number of rotatable bonds is 5. The van der Waals surface area contributed by atoms with Gasteiger partial charge in [0.15, 0.2) is 0 Å². The lowest BCUT2D eigenvalue weighted by Gasteiger charge is -2.23. The Hall–Kier alpha value is -0.380. The van der Waals surface area contributed by atoms with Gasteiger partial charge in [0.2, 0.25) is 0 Å². The molecule has 1 heterocycles. The minimum Gasteiger partial charge on any atom is -0.315 e. The lowest BCUT2D eigenvalue weighted by Crippen LogP contribution is -2.30. The number of nitrogens with one attached hydrogen (secondary N) is 1. The fraction of sp³-hybridized carbons (Fsp3) is 0.692. The highest BCUT2D eigenvalue weighted by Gasteiger charge is 2.20. The van der Waals surface area contributed by atoms with Gasteiger partial charge in [-0.15, -0.1) is 11.3 Å². The summed E-state index contributed by atoms with van der Waals surface area (Å²) in [5.74, 6) is 0.761. The van der Waals surface area contributed by atoms with E-state index in [1.165, 1.54) is 19.3 Å². The average molecular weight is 238 g/mol. The van der Waals surface area contributed by atoms with E-state index in [9.17, 15) is 0 Å². The number of aryl methyl sites for hydroxylation is 1. The average Bonchev–Trinajstić information content (AvgIpc) is 2.72. The maximum atomic E-state index is 3.58. The van der Waals surface area contributed by atoms with E-state index in [-0.39, 0.29) is 0 Å². The molecule has 2 nitrogen and oxygen atoms in total. The first kappa shape index (κ1) is 12.1. The van der Waals surface area contributed by atoms with Gasteiger partial charge in [-0.2, -0.15) is 0 Å². The Morgan fingerprint density at radius 3 is 3.19 bits per heavy atom. The predicted octanol–water partition coefficient (Wildman–Crippen LogP) is 2.32. The summed E-state index contributed by atoms with van der Waals surface area (Å²) in [5, 5.41) is 5.83. The number of thiophene rings is 1. The van der Waals surface area contributed by atoms with Gasteiger partial charge in [0.1, 0.15) is 0 Å². The zero-order chi connectivity index (χ0) is 11.4. The normalized spacial score (nSPS) is 20.1. The van der Waals surface area contributed by atoms with Crippen LogP contribution in [0.2, 0.25) is 0 Å². The standard InChI is InChI=1S/C13H22N2S/c1-15(2)8-7-14-10-11-4-3-5-13-12(11)6-9-16-13/h6,9,11,14H,3-5,7-8,10H2,1-2H3. The molecule has 0 saturated carbocycles. The zero-order valence-corrected chi connectivity index (χ0v) is 11.1. The summed E-state index contributed by atoms with van der Waals surface area (Å²) in [6.45, 7) is 3.38. The molecule has 0 radical (unpaired) electrons. The third-order valence-electron chi connectivity index (χ3n) is 3.30. The highest BCUT2D eigenvalue weighted by molar-refractivity contribution is 7.10. The Bertz CT molecular complexity index is 319. The van der Waals surface area contributed by atoms with Gasteiger partial charge in [0, 0.05) is 24.5 Å². The van der Waals surface area contributed by atoms with Crippen molar-refractivity contribution in [3.63, 3.8) is 0 Å². The third kappa shape index (κ3) is 3.06. The van der Waals surface area contributed by atoms with Crippen LogP contribution in [0.4, 0.5) is 0 Å². The minimum atomic E-state index is 0.761. The molecule has 1 unspecified atom stereocenters. The largest absolute Gasteiger partial charge is 0.315 e. The molecule has 3 heteroatoms. The smallest absolute Gasteiger partial charge is 0.0101 e. The molecule has 2 rings (SSSR count). The Labute approximate surface area is 103 Å². The van der Waals surface area contributed by atoms with E-state index >= 15 is 0 Å². The van der Waals surface area contributed by atoms with Crippen LogP contribution in [-0.4, -0.2) is 38.6 Å². The Kier molecular flexibility index (Phi) is 4.38. The molecular formula is C13H22N2S. The highest BCUT2D eigenvalue weighted by atomic mass is 32.1. The molecule has 1 aromatic rings. The van der Waals surface area contributed by atoms with Crippen LogP contribution in [0.25, 0.3) is 0 Å². The third-order valence-corrected chi connectivity index (χ3v) is 4.30. The van der Waals surface area contributed by atoms with Crippen molar-refractivity contribution in [2.75, 3.05) is 33.7 Å². The number of nitrogens with zero attached hydrogens (tertiary/aromatic N) is 1. The van der Waals surface area contributed by atoms with Crippen molar-refractivity contribution in [2.45, 2.75) is 25.2 Å².